The second-order valence-corrected chi connectivity index (χ2v) is 5.83. The highest BCUT2D eigenvalue weighted by Gasteiger charge is 2.04. The van der Waals surface area contributed by atoms with Crippen molar-refractivity contribution in [3.63, 3.8) is 0 Å². The molecule has 0 saturated heterocycles. The van der Waals surface area contributed by atoms with Crippen molar-refractivity contribution in [3.05, 3.63) is 12.4 Å². The summed E-state index contributed by atoms with van der Waals surface area (Å²) in [6, 6.07) is 0. The molecular formula is C12H23N3S. The first-order chi connectivity index (χ1) is 7.63. The van der Waals surface area contributed by atoms with Crippen molar-refractivity contribution in [3.8, 4) is 0 Å². The Bertz CT molecular complexity index is 296. The Kier molecular flexibility index (Phi) is 5.74. The van der Waals surface area contributed by atoms with Crippen LogP contribution in [0.3, 0.4) is 0 Å². The number of aromatic nitrogens is 2. The van der Waals surface area contributed by atoms with Crippen LogP contribution in [0.1, 0.15) is 27.2 Å². The maximum Gasteiger partial charge on any atom is 0.202 e. The lowest BCUT2D eigenvalue weighted by molar-refractivity contribution is 0.526. The summed E-state index contributed by atoms with van der Waals surface area (Å²) < 4.78 is 2.19. The predicted molar refractivity (Wildman–Crippen MR) is 73.1 cm³/mol. The first kappa shape index (κ1) is 13.4. The zero-order valence-electron chi connectivity index (χ0n) is 10.7. The average molecular weight is 241 g/mol. The van der Waals surface area contributed by atoms with E-state index in [2.05, 4.69) is 41.9 Å². The molecule has 92 valence electrons. The van der Waals surface area contributed by atoms with E-state index in [-0.39, 0.29) is 0 Å². The fraction of sp³-hybridized carbons (Fsp3) is 0.750. The number of thioether (sulfide) groups is 1. The fourth-order valence-corrected chi connectivity index (χ4v) is 1.88. The van der Waals surface area contributed by atoms with Crippen molar-refractivity contribution in [2.45, 2.75) is 39.0 Å². The molecule has 1 aromatic heterocycles. The van der Waals surface area contributed by atoms with Gasteiger partial charge in [0.25, 0.3) is 0 Å². The van der Waals surface area contributed by atoms with E-state index in [9.17, 15) is 0 Å². The lowest BCUT2D eigenvalue weighted by Gasteiger charge is -2.13. The minimum absolute atomic E-state index is 0.653. The van der Waals surface area contributed by atoms with Crippen molar-refractivity contribution >= 4 is 17.7 Å². The third-order valence-electron chi connectivity index (χ3n) is 2.51. The lowest BCUT2D eigenvalue weighted by atomic mass is 10.2. The third kappa shape index (κ3) is 4.47. The SMILES string of the molecule is CSC(C)CCNc1nccn1CC(C)C. The van der Waals surface area contributed by atoms with Gasteiger partial charge in [-0.25, -0.2) is 4.98 Å². The second kappa shape index (κ2) is 6.84. The molecule has 0 aliphatic carbocycles. The predicted octanol–water partition coefficient (Wildman–Crippen LogP) is 3.09. The van der Waals surface area contributed by atoms with Gasteiger partial charge in [-0.1, -0.05) is 20.8 Å². The topological polar surface area (TPSA) is 29.9 Å². The Hall–Kier alpha value is -0.640. The van der Waals surface area contributed by atoms with Crippen LogP contribution >= 0.6 is 11.8 Å². The molecule has 1 N–H and O–H groups in total. The summed E-state index contributed by atoms with van der Waals surface area (Å²) in [5.41, 5.74) is 0. The average Bonchev–Trinajstić information content (AvgIpc) is 2.64. The van der Waals surface area contributed by atoms with E-state index in [4.69, 9.17) is 0 Å². The van der Waals surface area contributed by atoms with Crippen LogP contribution in [0.5, 0.6) is 0 Å². The van der Waals surface area contributed by atoms with Gasteiger partial charge in [-0.2, -0.15) is 11.8 Å². The summed E-state index contributed by atoms with van der Waals surface area (Å²) in [6.45, 7) is 8.73. The Morgan fingerprint density at radius 2 is 2.19 bits per heavy atom. The molecule has 1 atom stereocenters. The van der Waals surface area contributed by atoms with Gasteiger partial charge in [-0.15, -0.1) is 0 Å². The van der Waals surface area contributed by atoms with E-state index in [0.29, 0.717) is 11.2 Å². The largest absolute Gasteiger partial charge is 0.356 e. The summed E-state index contributed by atoms with van der Waals surface area (Å²) >= 11 is 1.91. The summed E-state index contributed by atoms with van der Waals surface area (Å²) in [4.78, 5) is 4.34. The zero-order chi connectivity index (χ0) is 12.0. The van der Waals surface area contributed by atoms with Gasteiger partial charge < -0.3 is 9.88 Å². The maximum absolute atomic E-state index is 4.34. The minimum atomic E-state index is 0.653. The molecule has 1 aromatic rings. The first-order valence-electron chi connectivity index (χ1n) is 5.91. The Labute approximate surface area is 103 Å². The van der Waals surface area contributed by atoms with Gasteiger partial charge in [0.1, 0.15) is 0 Å². The molecule has 1 unspecified atom stereocenters. The van der Waals surface area contributed by atoms with Gasteiger partial charge in [0, 0.05) is 30.7 Å². The molecule has 0 radical (unpaired) electrons. The number of rotatable bonds is 7. The molecule has 0 bridgehead atoms. The van der Waals surface area contributed by atoms with Gasteiger partial charge in [0.2, 0.25) is 5.95 Å². The summed E-state index contributed by atoms with van der Waals surface area (Å²) in [5.74, 6) is 1.65. The van der Waals surface area contributed by atoms with Crippen molar-refractivity contribution in [1.82, 2.24) is 9.55 Å². The summed E-state index contributed by atoms with van der Waals surface area (Å²) in [7, 11) is 0. The smallest absolute Gasteiger partial charge is 0.202 e. The molecule has 0 aliphatic rings. The van der Waals surface area contributed by atoms with Crippen molar-refractivity contribution in [2.24, 2.45) is 5.92 Å². The van der Waals surface area contributed by atoms with E-state index >= 15 is 0 Å². The van der Waals surface area contributed by atoms with Gasteiger partial charge in [-0.05, 0) is 18.6 Å². The Morgan fingerprint density at radius 1 is 1.44 bits per heavy atom. The van der Waals surface area contributed by atoms with Crippen LogP contribution < -0.4 is 5.32 Å². The molecule has 0 fully saturated rings. The molecule has 4 heteroatoms. The van der Waals surface area contributed by atoms with Crippen molar-refractivity contribution < 1.29 is 0 Å². The van der Waals surface area contributed by atoms with E-state index in [1.807, 2.05) is 24.2 Å². The highest BCUT2D eigenvalue weighted by Crippen LogP contribution is 2.11. The van der Waals surface area contributed by atoms with Crippen LogP contribution in [0.2, 0.25) is 0 Å². The summed E-state index contributed by atoms with van der Waals surface area (Å²) in [5, 5.41) is 4.11. The number of anilines is 1. The quantitative estimate of drug-likeness (QED) is 0.795. The third-order valence-corrected chi connectivity index (χ3v) is 3.55. The van der Waals surface area contributed by atoms with Crippen LogP contribution in [-0.4, -0.2) is 27.6 Å². The zero-order valence-corrected chi connectivity index (χ0v) is 11.5. The lowest BCUT2D eigenvalue weighted by Crippen LogP contribution is -2.13. The molecule has 1 heterocycles. The molecule has 16 heavy (non-hydrogen) atoms. The van der Waals surface area contributed by atoms with Crippen LogP contribution in [-0.2, 0) is 6.54 Å². The standard InChI is InChI=1S/C12H23N3S/c1-10(2)9-15-8-7-14-12(15)13-6-5-11(3)16-4/h7-8,10-11H,5-6,9H2,1-4H3,(H,13,14). The fourth-order valence-electron chi connectivity index (χ4n) is 1.52. The molecule has 0 saturated carbocycles. The number of hydrogen-bond acceptors (Lipinski definition) is 3. The van der Waals surface area contributed by atoms with Crippen molar-refractivity contribution in [1.29, 1.82) is 0 Å². The van der Waals surface area contributed by atoms with Gasteiger partial charge in [0.05, 0.1) is 0 Å². The van der Waals surface area contributed by atoms with Gasteiger partial charge >= 0.3 is 0 Å². The molecule has 0 spiro atoms. The van der Waals surface area contributed by atoms with Crippen LogP contribution in [0.25, 0.3) is 0 Å². The second-order valence-electron chi connectivity index (χ2n) is 4.56. The van der Waals surface area contributed by atoms with E-state index < -0.39 is 0 Å². The highest BCUT2D eigenvalue weighted by atomic mass is 32.2. The number of nitrogens with zero attached hydrogens (tertiary/aromatic N) is 2. The van der Waals surface area contributed by atoms with Gasteiger partial charge in [0.15, 0.2) is 0 Å². The minimum Gasteiger partial charge on any atom is -0.356 e. The number of hydrogen-bond donors (Lipinski definition) is 1. The van der Waals surface area contributed by atoms with Crippen LogP contribution in [0.4, 0.5) is 5.95 Å². The van der Waals surface area contributed by atoms with E-state index in [0.717, 1.165) is 19.0 Å². The molecule has 3 nitrogen and oxygen atoms in total. The Balaban J connectivity index is 2.38. The number of imidazole rings is 1. The van der Waals surface area contributed by atoms with E-state index in [1.54, 1.807) is 0 Å². The van der Waals surface area contributed by atoms with Crippen LogP contribution in [0, 0.1) is 5.92 Å². The van der Waals surface area contributed by atoms with Crippen LogP contribution in [0.15, 0.2) is 12.4 Å². The maximum atomic E-state index is 4.34. The first-order valence-corrected chi connectivity index (χ1v) is 7.20. The molecular weight excluding hydrogens is 218 g/mol. The van der Waals surface area contributed by atoms with E-state index in [1.165, 1.54) is 6.42 Å². The highest BCUT2D eigenvalue weighted by molar-refractivity contribution is 7.99. The Morgan fingerprint density at radius 3 is 2.81 bits per heavy atom. The molecule has 0 aromatic carbocycles. The normalized spacial score (nSPS) is 13.1. The number of nitrogens with one attached hydrogen (secondary N) is 1. The molecule has 1 rings (SSSR count). The monoisotopic (exact) mass is 241 g/mol. The van der Waals surface area contributed by atoms with Gasteiger partial charge in [-0.3, -0.25) is 0 Å². The molecule has 0 aliphatic heterocycles. The molecule has 0 amide bonds. The summed E-state index contributed by atoms with van der Waals surface area (Å²) in [6.07, 6.45) is 7.24. The van der Waals surface area contributed by atoms with Crippen molar-refractivity contribution in [2.75, 3.05) is 18.1 Å².